The summed E-state index contributed by atoms with van der Waals surface area (Å²) in [6, 6.07) is 0. The number of ether oxygens (including phenoxy) is 1. The van der Waals surface area contributed by atoms with E-state index in [-0.39, 0.29) is 12.4 Å². The Morgan fingerprint density at radius 2 is 2.56 bits per heavy atom. The second-order valence-corrected chi connectivity index (χ2v) is 1.71. The molecule has 9 heavy (non-hydrogen) atoms. The summed E-state index contributed by atoms with van der Waals surface area (Å²) in [5, 5.41) is 16.9. The first kappa shape index (κ1) is 6.10. The van der Waals surface area contributed by atoms with Crippen molar-refractivity contribution in [3.63, 3.8) is 0 Å². The molecule has 0 aromatic heterocycles. The van der Waals surface area contributed by atoms with Crippen molar-refractivity contribution in [3.05, 3.63) is 11.8 Å². The van der Waals surface area contributed by atoms with Gasteiger partial charge in [-0.2, -0.15) is 0 Å². The van der Waals surface area contributed by atoms with E-state index in [1.165, 1.54) is 6.08 Å². The first-order valence-electron chi connectivity index (χ1n) is 2.46. The van der Waals surface area contributed by atoms with Gasteiger partial charge in [-0.25, -0.2) is 4.79 Å². The molecule has 1 aliphatic heterocycles. The van der Waals surface area contributed by atoms with Crippen LogP contribution in [0, 0.1) is 0 Å². The highest BCUT2D eigenvalue weighted by atomic mass is 16.5. The molecule has 1 aliphatic rings. The zero-order chi connectivity index (χ0) is 6.85. The standard InChI is InChI=1S/C5H6O4/c6-3-1-4(5(7)8)9-2-3/h1,3,6H,2H2,(H,7,8). The van der Waals surface area contributed by atoms with E-state index in [4.69, 9.17) is 10.2 Å². The molecule has 0 saturated carbocycles. The Labute approximate surface area is 51.4 Å². The zero-order valence-corrected chi connectivity index (χ0v) is 4.57. The van der Waals surface area contributed by atoms with Gasteiger partial charge in [0, 0.05) is 0 Å². The molecule has 1 unspecified atom stereocenters. The molecule has 0 spiro atoms. The van der Waals surface area contributed by atoms with Crippen LogP contribution in [0.2, 0.25) is 0 Å². The van der Waals surface area contributed by atoms with Gasteiger partial charge in [-0.05, 0) is 6.08 Å². The van der Waals surface area contributed by atoms with Gasteiger partial charge in [0.1, 0.15) is 12.7 Å². The SMILES string of the molecule is O=C(O)C1=CC(O)CO1. The minimum atomic E-state index is -1.13. The Bertz CT molecular complexity index is 160. The highest BCUT2D eigenvalue weighted by Gasteiger charge is 2.18. The molecule has 0 aromatic carbocycles. The van der Waals surface area contributed by atoms with Crippen molar-refractivity contribution in [3.8, 4) is 0 Å². The fraction of sp³-hybridized carbons (Fsp3) is 0.400. The maximum atomic E-state index is 10.0. The Hall–Kier alpha value is -1.03. The minimum Gasteiger partial charge on any atom is -0.484 e. The molecule has 0 saturated heterocycles. The average Bonchev–Trinajstić information content (AvgIpc) is 2.14. The summed E-state index contributed by atoms with van der Waals surface area (Å²) in [4.78, 5) is 10.0. The predicted octanol–water partition coefficient (Wildman–Crippen LogP) is -0.654. The highest BCUT2D eigenvalue weighted by molar-refractivity contribution is 5.84. The third kappa shape index (κ3) is 1.20. The van der Waals surface area contributed by atoms with Crippen molar-refractivity contribution in [2.24, 2.45) is 0 Å². The monoisotopic (exact) mass is 130 g/mol. The van der Waals surface area contributed by atoms with Gasteiger partial charge in [-0.15, -0.1) is 0 Å². The molecule has 1 heterocycles. The van der Waals surface area contributed by atoms with Crippen LogP contribution in [0.5, 0.6) is 0 Å². The molecule has 0 radical (unpaired) electrons. The number of hydrogen-bond donors (Lipinski definition) is 2. The van der Waals surface area contributed by atoms with Crippen LogP contribution in [0.3, 0.4) is 0 Å². The van der Waals surface area contributed by atoms with Gasteiger partial charge in [0.15, 0.2) is 0 Å². The summed E-state index contributed by atoms with van der Waals surface area (Å²) in [5.74, 6) is -1.30. The van der Waals surface area contributed by atoms with Gasteiger partial charge in [-0.3, -0.25) is 0 Å². The molecule has 0 aromatic rings. The molecule has 0 aliphatic carbocycles. The van der Waals surface area contributed by atoms with E-state index in [0.717, 1.165) is 0 Å². The highest BCUT2D eigenvalue weighted by Crippen LogP contribution is 2.08. The van der Waals surface area contributed by atoms with Crippen molar-refractivity contribution in [2.75, 3.05) is 6.61 Å². The largest absolute Gasteiger partial charge is 0.484 e. The third-order valence-electron chi connectivity index (χ3n) is 0.964. The Kier molecular flexibility index (Phi) is 1.40. The number of aliphatic hydroxyl groups excluding tert-OH is 1. The maximum absolute atomic E-state index is 10.0. The lowest BCUT2D eigenvalue weighted by atomic mass is 10.3. The summed E-state index contributed by atoms with van der Waals surface area (Å²) in [6.07, 6.45) is 0.415. The number of carbonyl (C=O) groups is 1. The molecule has 4 heteroatoms. The van der Waals surface area contributed by atoms with Crippen molar-refractivity contribution in [2.45, 2.75) is 6.10 Å². The van der Waals surface area contributed by atoms with Crippen molar-refractivity contribution < 1.29 is 19.7 Å². The second kappa shape index (κ2) is 2.06. The maximum Gasteiger partial charge on any atom is 0.370 e. The lowest BCUT2D eigenvalue weighted by Gasteiger charge is -1.94. The molecular weight excluding hydrogens is 124 g/mol. The smallest absolute Gasteiger partial charge is 0.370 e. The van der Waals surface area contributed by atoms with Gasteiger partial charge >= 0.3 is 5.97 Å². The van der Waals surface area contributed by atoms with E-state index in [1.807, 2.05) is 0 Å². The van der Waals surface area contributed by atoms with Crippen molar-refractivity contribution in [1.82, 2.24) is 0 Å². The van der Waals surface area contributed by atoms with Crippen LogP contribution >= 0.6 is 0 Å². The number of aliphatic carboxylic acids is 1. The summed E-state index contributed by atoms with van der Waals surface area (Å²) in [6.45, 7) is 0.0572. The van der Waals surface area contributed by atoms with E-state index < -0.39 is 12.1 Å². The van der Waals surface area contributed by atoms with Gasteiger partial charge in [0.2, 0.25) is 5.76 Å². The average molecular weight is 130 g/mol. The van der Waals surface area contributed by atoms with Gasteiger partial charge in [0.25, 0.3) is 0 Å². The molecule has 0 bridgehead atoms. The summed E-state index contributed by atoms with van der Waals surface area (Å²) >= 11 is 0. The Morgan fingerprint density at radius 1 is 1.89 bits per heavy atom. The molecule has 50 valence electrons. The topological polar surface area (TPSA) is 66.8 Å². The molecule has 1 rings (SSSR count). The lowest BCUT2D eigenvalue weighted by molar-refractivity contribution is -0.136. The summed E-state index contributed by atoms with van der Waals surface area (Å²) in [7, 11) is 0. The van der Waals surface area contributed by atoms with Gasteiger partial charge in [0.05, 0.1) is 0 Å². The molecule has 2 N–H and O–H groups in total. The predicted molar refractivity (Wildman–Crippen MR) is 27.7 cm³/mol. The number of hydrogen-bond acceptors (Lipinski definition) is 3. The van der Waals surface area contributed by atoms with Crippen LogP contribution in [-0.2, 0) is 9.53 Å². The third-order valence-corrected chi connectivity index (χ3v) is 0.964. The quantitative estimate of drug-likeness (QED) is 0.494. The summed E-state index contributed by atoms with van der Waals surface area (Å²) < 4.78 is 4.54. The van der Waals surface area contributed by atoms with E-state index in [9.17, 15) is 4.79 Å². The van der Waals surface area contributed by atoms with Crippen molar-refractivity contribution >= 4 is 5.97 Å². The Morgan fingerprint density at radius 3 is 2.78 bits per heavy atom. The number of rotatable bonds is 1. The van der Waals surface area contributed by atoms with Crippen LogP contribution in [0.15, 0.2) is 11.8 Å². The number of carboxylic acids is 1. The van der Waals surface area contributed by atoms with Gasteiger partial charge in [-0.1, -0.05) is 0 Å². The molecule has 0 fully saturated rings. The van der Waals surface area contributed by atoms with Crippen LogP contribution in [0.4, 0.5) is 0 Å². The van der Waals surface area contributed by atoms with E-state index in [1.54, 1.807) is 0 Å². The van der Waals surface area contributed by atoms with Crippen molar-refractivity contribution in [1.29, 1.82) is 0 Å². The molecule has 0 amide bonds. The van der Waals surface area contributed by atoms with Crippen LogP contribution < -0.4 is 0 Å². The first-order valence-corrected chi connectivity index (χ1v) is 2.46. The molecule has 4 nitrogen and oxygen atoms in total. The van der Waals surface area contributed by atoms with Crippen LogP contribution in [0.1, 0.15) is 0 Å². The number of carboxylic acid groups (broad SMARTS) is 1. The number of aliphatic hydroxyl groups is 1. The van der Waals surface area contributed by atoms with Crippen LogP contribution in [-0.4, -0.2) is 28.9 Å². The van der Waals surface area contributed by atoms with E-state index >= 15 is 0 Å². The van der Waals surface area contributed by atoms with E-state index in [0.29, 0.717) is 0 Å². The normalized spacial score (nSPS) is 25.0. The molecule has 1 atom stereocenters. The fourth-order valence-corrected chi connectivity index (χ4v) is 0.579. The Balaban J connectivity index is 2.62. The summed E-state index contributed by atoms with van der Waals surface area (Å²) in [5.41, 5.74) is 0. The fourth-order valence-electron chi connectivity index (χ4n) is 0.579. The van der Waals surface area contributed by atoms with E-state index in [2.05, 4.69) is 4.74 Å². The first-order chi connectivity index (χ1) is 4.20. The zero-order valence-electron chi connectivity index (χ0n) is 4.57. The minimum absolute atomic E-state index is 0.0572. The lowest BCUT2D eigenvalue weighted by Crippen LogP contribution is -2.03. The van der Waals surface area contributed by atoms with Gasteiger partial charge < -0.3 is 14.9 Å². The molecular formula is C5H6O4. The van der Waals surface area contributed by atoms with Crippen LogP contribution in [0.25, 0.3) is 0 Å². The second-order valence-electron chi connectivity index (χ2n) is 1.71.